The highest BCUT2D eigenvalue weighted by molar-refractivity contribution is 5.98. The molecule has 34 heavy (non-hydrogen) atoms. The molecule has 1 atom stereocenters. The Labute approximate surface area is 199 Å². The van der Waals surface area contributed by atoms with Gasteiger partial charge >= 0.3 is 0 Å². The Hall–Kier alpha value is -3.49. The lowest BCUT2D eigenvalue weighted by Gasteiger charge is -2.25. The molecule has 1 fully saturated rings. The second kappa shape index (κ2) is 10.2. The van der Waals surface area contributed by atoms with E-state index >= 15 is 0 Å². The fourth-order valence-corrected chi connectivity index (χ4v) is 4.46. The van der Waals surface area contributed by atoms with E-state index in [0.717, 1.165) is 73.0 Å². The van der Waals surface area contributed by atoms with E-state index < -0.39 is 5.95 Å². The maximum atomic E-state index is 13.1. The number of nitrogens with one attached hydrogen (secondary N) is 3. The summed E-state index contributed by atoms with van der Waals surface area (Å²) in [4.78, 5) is 23.5. The van der Waals surface area contributed by atoms with Crippen molar-refractivity contribution in [2.45, 2.75) is 64.8 Å². The zero-order valence-corrected chi connectivity index (χ0v) is 20.0. The standard InChI is InChI=1S/C25H32FN7O/c1-15(2)21-13-24(32-31-21)28-16(3)19-7-5-8-20(19)29-17(4)33-12-6-9-22(33)25(34)30-18-10-11-23(26)27-14-18/h10-11,13-15,22H,3,5-9,12H2,1-2,4H3,(H,30,34)(H2,28,31,32). The summed E-state index contributed by atoms with van der Waals surface area (Å²) in [7, 11) is 0. The van der Waals surface area contributed by atoms with Gasteiger partial charge in [0.2, 0.25) is 11.9 Å². The summed E-state index contributed by atoms with van der Waals surface area (Å²) in [6.07, 6.45) is 5.76. The van der Waals surface area contributed by atoms with Crippen LogP contribution in [-0.4, -0.2) is 44.4 Å². The molecule has 2 aromatic heterocycles. The summed E-state index contributed by atoms with van der Waals surface area (Å²) in [5.74, 6) is 1.23. The summed E-state index contributed by atoms with van der Waals surface area (Å²) in [5, 5.41) is 13.5. The van der Waals surface area contributed by atoms with Gasteiger partial charge in [0.25, 0.3) is 0 Å². The van der Waals surface area contributed by atoms with Gasteiger partial charge in [0.15, 0.2) is 5.82 Å². The first kappa shape index (κ1) is 23.7. The smallest absolute Gasteiger partial charge is 0.247 e. The van der Waals surface area contributed by atoms with Crippen LogP contribution in [0, 0.1) is 5.95 Å². The van der Waals surface area contributed by atoms with Gasteiger partial charge in [0, 0.05) is 29.7 Å². The number of nitrogens with zero attached hydrogens (tertiary/aromatic N) is 4. The molecule has 0 aromatic carbocycles. The van der Waals surface area contributed by atoms with Gasteiger partial charge in [-0.25, -0.2) is 9.98 Å². The lowest BCUT2D eigenvalue weighted by atomic mass is 10.1. The molecule has 3 N–H and O–H groups in total. The van der Waals surface area contributed by atoms with Crippen LogP contribution in [0.25, 0.3) is 0 Å². The summed E-state index contributed by atoms with van der Waals surface area (Å²) in [5.41, 5.74) is 4.47. The Balaban J connectivity index is 1.46. The van der Waals surface area contributed by atoms with Crippen LogP contribution in [0.3, 0.4) is 0 Å². The highest BCUT2D eigenvalue weighted by Crippen LogP contribution is 2.33. The molecule has 9 heteroatoms. The number of allylic oxidation sites excluding steroid dienone is 2. The largest absolute Gasteiger partial charge is 0.348 e. The minimum atomic E-state index is -0.576. The van der Waals surface area contributed by atoms with Crippen molar-refractivity contribution in [2.75, 3.05) is 17.2 Å². The van der Waals surface area contributed by atoms with E-state index in [1.54, 1.807) is 0 Å². The SMILES string of the molecule is C=C(Nc1cc(C(C)C)[nH]n1)C1=C(N=C(C)N2CCCC2C(=O)Nc2ccc(F)nc2)CCC1. The third-order valence-corrected chi connectivity index (χ3v) is 6.31. The minimum absolute atomic E-state index is 0.133. The normalized spacial score (nSPS) is 18.7. The number of aliphatic imine (C=N–C) groups is 1. The van der Waals surface area contributed by atoms with Crippen molar-refractivity contribution in [3.8, 4) is 0 Å². The number of aromatic amines is 1. The molecule has 2 aliphatic rings. The van der Waals surface area contributed by atoms with Crippen LogP contribution in [0.5, 0.6) is 0 Å². The molecule has 0 saturated carbocycles. The van der Waals surface area contributed by atoms with Gasteiger partial charge in [0.05, 0.1) is 11.9 Å². The van der Waals surface area contributed by atoms with E-state index in [2.05, 4.69) is 46.2 Å². The van der Waals surface area contributed by atoms with Crippen LogP contribution in [0.15, 0.2) is 52.9 Å². The van der Waals surface area contributed by atoms with E-state index in [1.165, 1.54) is 18.3 Å². The highest BCUT2D eigenvalue weighted by Gasteiger charge is 2.32. The molecule has 1 saturated heterocycles. The van der Waals surface area contributed by atoms with Crippen molar-refractivity contribution in [1.29, 1.82) is 0 Å². The van der Waals surface area contributed by atoms with Gasteiger partial charge < -0.3 is 15.5 Å². The van der Waals surface area contributed by atoms with Crippen LogP contribution < -0.4 is 10.6 Å². The molecule has 1 amide bonds. The van der Waals surface area contributed by atoms with E-state index in [0.29, 0.717) is 11.6 Å². The maximum absolute atomic E-state index is 13.1. The number of amidine groups is 1. The summed E-state index contributed by atoms with van der Waals surface area (Å²) in [6.45, 7) is 11.2. The monoisotopic (exact) mass is 465 g/mol. The summed E-state index contributed by atoms with van der Waals surface area (Å²) in [6, 6.07) is 4.43. The van der Waals surface area contributed by atoms with E-state index in [-0.39, 0.29) is 11.9 Å². The lowest BCUT2D eigenvalue weighted by Crippen LogP contribution is -2.42. The molecule has 1 aliphatic heterocycles. The average molecular weight is 466 g/mol. The Morgan fingerprint density at radius 3 is 2.82 bits per heavy atom. The zero-order chi connectivity index (χ0) is 24.2. The van der Waals surface area contributed by atoms with Crippen molar-refractivity contribution in [3.05, 3.63) is 59.6 Å². The van der Waals surface area contributed by atoms with Gasteiger partial charge in [-0.3, -0.25) is 9.89 Å². The first-order valence-corrected chi connectivity index (χ1v) is 11.8. The van der Waals surface area contributed by atoms with Crippen molar-refractivity contribution < 1.29 is 9.18 Å². The van der Waals surface area contributed by atoms with Crippen LogP contribution >= 0.6 is 0 Å². The van der Waals surface area contributed by atoms with Crippen molar-refractivity contribution in [2.24, 2.45) is 4.99 Å². The predicted molar refractivity (Wildman–Crippen MR) is 132 cm³/mol. The fraction of sp³-hybridized carbons (Fsp3) is 0.440. The number of amides is 1. The number of halogens is 1. The van der Waals surface area contributed by atoms with Crippen LogP contribution in [0.1, 0.15) is 64.5 Å². The van der Waals surface area contributed by atoms with Gasteiger partial charge in [-0.1, -0.05) is 20.4 Å². The number of rotatable bonds is 7. The molecule has 8 nitrogen and oxygen atoms in total. The summed E-state index contributed by atoms with van der Waals surface area (Å²) < 4.78 is 13.1. The first-order chi connectivity index (χ1) is 16.3. The van der Waals surface area contributed by atoms with Crippen molar-refractivity contribution in [1.82, 2.24) is 20.1 Å². The number of anilines is 2. The predicted octanol–water partition coefficient (Wildman–Crippen LogP) is 4.95. The van der Waals surface area contributed by atoms with Gasteiger partial charge in [0.1, 0.15) is 11.9 Å². The molecule has 3 heterocycles. The topological polar surface area (TPSA) is 98.3 Å². The third-order valence-electron chi connectivity index (χ3n) is 6.31. The van der Waals surface area contributed by atoms with Crippen LogP contribution in [0.4, 0.5) is 15.9 Å². The number of pyridine rings is 1. The van der Waals surface area contributed by atoms with E-state index in [4.69, 9.17) is 4.99 Å². The quantitative estimate of drug-likeness (QED) is 0.305. The van der Waals surface area contributed by atoms with E-state index in [1.807, 2.05) is 17.9 Å². The van der Waals surface area contributed by atoms with Crippen LogP contribution in [0.2, 0.25) is 0 Å². The molecule has 180 valence electrons. The molecular formula is C25H32FN7O. The number of carbonyl (C=O) groups is 1. The summed E-state index contributed by atoms with van der Waals surface area (Å²) >= 11 is 0. The molecule has 2 aromatic rings. The zero-order valence-electron chi connectivity index (χ0n) is 20.0. The molecule has 0 bridgehead atoms. The number of hydrogen-bond acceptors (Lipinski definition) is 5. The van der Waals surface area contributed by atoms with Gasteiger partial charge in [-0.15, -0.1) is 0 Å². The molecule has 1 aliphatic carbocycles. The van der Waals surface area contributed by atoms with E-state index in [9.17, 15) is 9.18 Å². The third kappa shape index (κ3) is 5.35. The molecule has 4 rings (SSSR count). The average Bonchev–Trinajstić information content (AvgIpc) is 3.55. The second-order valence-electron chi connectivity index (χ2n) is 9.11. The molecule has 1 unspecified atom stereocenters. The van der Waals surface area contributed by atoms with Gasteiger partial charge in [-0.2, -0.15) is 9.49 Å². The molecule has 0 radical (unpaired) electrons. The lowest BCUT2D eigenvalue weighted by molar-refractivity contribution is -0.119. The number of hydrogen-bond donors (Lipinski definition) is 3. The first-order valence-electron chi connectivity index (χ1n) is 11.8. The number of carbonyl (C=O) groups excluding carboxylic acids is 1. The Bertz CT molecular complexity index is 1120. The second-order valence-corrected chi connectivity index (χ2v) is 9.11. The Morgan fingerprint density at radius 1 is 1.29 bits per heavy atom. The number of aromatic nitrogens is 3. The molecular weight excluding hydrogens is 433 g/mol. The van der Waals surface area contributed by atoms with Crippen LogP contribution in [-0.2, 0) is 4.79 Å². The Morgan fingerprint density at radius 2 is 2.12 bits per heavy atom. The van der Waals surface area contributed by atoms with Gasteiger partial charge in [-0.05, 0) is 62.7 Å². The maximum Gasteiger partial charge on any atom is 0.247 e. The minimum Gasteiger partial charge on any atom is -0.348 e. The molecule has 0 spiro atoms. The number of H-pyrrole nitrogens is 1. The van der Waals surface area contributed by atoms with Crippen molar-refractivity contribution >= 4 is 23.2 Å². The van der Waals surface area contributed by atoms with Crippen molar-refractivity contribution in [3.63, 3.8) is 0 Å². The highest BCUT2D eigenvalue weighted by atomic mass is 19.1. The fourth-order valence-electron chi connectivity index (χ4n) is 4.46. The Kier molecular flexibility index (Phi) is 7.09. The number of likely N-dealkylation sites (tertiary alicyclic amines) is 1.